The SMILES string of the molecule is COc1cccc(OC(C)c2nnc(SC(C)C(=O)Nc3ccc(C#N)cc3)n2C(C)C)c1. The summed E-state index contributed by atoms with van der Waals surface area (Å²) in [7, 11) is 1.61. The van der Waals surface area contributed by atoms with Gasteiger partial charge in [0.05, 0.1) is 24.0 Å². The molecule has 3 rings (SSSR count). The number of benzene rings is 2. The third kappa shape index (κ3) is 6.05. The first-order valence-corrected chi connectivity index (χ1v) is 11.4. The molecule has 2 atom stereocenters. The zero-order chi connectivity index (χ0) is 24.0. The molecule has 0 aliphatic carbocycles. The van der Waals surface area contributed by atoms with Crippen LogP contribution in [0.25, 0.3) is 0 Å². The molecule has 0 aliphatic heterocycles. The average Bonchev–Trinajstić information content (AvgIpc) is 3.23. The fourth-order valence-electron chi connectivity index (χ4n) is 3.15. The highest BCUT2D eigenvalue weighted by Crippen LogP contribution is 2.31. The van der Waals surface area contributed by atoms with E-state index in [1.54, 1.807) is 31.4 Å². The van der Waals surface area contributed by atoms with Crippen molar-refractivity contribution in [1.29, 1.82) is 5.26 Å². The minimum Gasteiger partial charge on any atom is -0.497 e. The van der Waals surface area contributed by atoms with Crippen LogP contribution in [0.15, 0.2) is 53.7 Å². The summed E-state index contributed by atoms with van der Waals surface area (Å²) >= 11 is 1.33. The van der Waals surface area contributed by atoms with Gasteiger partial charge in [-0.3, -0.25) is 4.79 Å². The second-order valence-corrected chi connectivity index (χ2v) is 8.99. The van der Waals surface area contributed by atoms with Gasteiger partial charge in [0.25, 0.3) is 0 Å². The molecule has 172 valence electrons. The summed E-state index contributed by atoms with van der Waals surface area (Å²) in [4.78, 5) is 12.7. The number of aromatic nitrogens is 3. The monoisotopic (exact) mass is 465 g/mol. The van der Waals surface area contributed by atoms with E-state index in [2.05, 4.69) is 21.6 Å². The lowest BCUT2D eigenvalue weighted by Crippen LogP contribution is -2.23. The summed E-state index contributed by atoms with van der Waals surface area (Å²) < 4.78 is 13.3. The van der Waals surface area contributed by atoms with E-state index >= 15 is 0 Å². The molecule has 2 unspecified atom stereocenters. The molecule has 0 radical (unpaired) electrons. The Morgan fingerprint density at radius 2 is 1.79 bits per heavy atom. The quantitative estimate of drug-likeness (QED) is 0.444. The number of nitriles is 1. The van der Waals surface area contributed by atoms with E-state index in [4.69, 9.17) is 14.7 Å². The summed E-state index contributed by atoms with van der Waals surface area (Å²) in [5, 5.41) is 20.7. The van der Waals surface area contributed by atoms with Crippen LogP contribution in [0.2, 0.25) is 0 Å². The maximum atomic E-state index is 12.7. The van der Waals surface area contributed by atoms with Gasteiger partial charge in [0.15, 0.2) is 17.1 Å². The largest absolute Gasteiger partial charge is 0.497 e. The number of carbonyl (C=O) groups excluding carboxylic acids is 1. The summed E-state index contributed by atoms with van der Waals surface area (Å²) in [6.45, 7) is 7.81. The van der Waals surface area contributed by atoms with Crippen molar-refractivity contribution < 1.29 is 14.3 Å². The smallest absolute Gasteiger partial charge is 0.237 e. The number of rotatable bonds is 9. The zero-order valence-corrected chi connectivity index (χ0v) is 20.1. The summed E-state index contributed by atoms with van der Waals surface area (Å²) in [5.74, 6) is 1.90. The standard InChI is InChI=1S/C24H27N5O3S/c1-15(2)29-22(16(3)32-21-8-6-7-20(13-21)31-5)27-28-24(29)33-17(4)23(30)26-19-11-9-18(14-25)10-12-19/h6-13,15-17H,1-5H3,(H,26,30). The van der Waals surface area contributed by atoms with Gasteiger partial charge in [0.1, 0.15) is 11.5 Å². The van der Waals surface area contributed by atoms with Crippen molar-refractivity contribution in [1.82, 2.24) is 14.8 Å². The first-order chi connectivity index (χ1) is 15.8. The van der Waals surface area contributed by atoms with Crippen LogP contribution in [0.4, 0.5) is 5.69 Å². The van der Waals surface area contributed by atoms with Crippen LogP contribution < -0.4 is 14.8 Å². The number of carbonyl (C=O) groups is 1. The second kappa shape index (κ2) is 10.9. The molecule has 1 heterocycles. The van der Waals surface area contributed by atoms with Crippen molar-refractivity contribution in [3.8, 4) is 17.6 Å². The minimum absolute atomic E-state index is 0.0719. The number of anilines is 1. The van der Waals surface area contributed by atoms with Crippen LogP contribution in [-0.2, 0) is 4.79 Å². The first-order valence-electron chi connectivity index (χ1n) is 10.6. The third-order valence-corrected chi connectivity index (χ3v) is 5.91. The maximum Gasteiger partial charge on any atom is 0.237 e. The molecule has 33 heavy (non-hydrogen) atoms. The summed E-state index contributed by atoms with van der Waals surface area (Å²) in [6, 6.07) is 16.3. The van der Waals surface area contributed by atoms with Crippen molar-refractivity contribution in [2.45, 2.75) is 50.2 Å². The van der Waals surface area contributed by atoms with E-state index in [1.165, 1.54) is 11.8 Å². The second-order valence-electron chi connectivity index (χ2n) is 7.68. The molecule has 0 aliphatic rings. The summed E-state index contributed by atoms with van der Waals surface area (Å²) in [5.41, 5.74) is 1.18. The van der Waals surface area contributed by atoms with Gasteiger partial charge in [-0.25, -0.2) is 0 Å². The Morgan fingerprint density at radius 3 is 2.42 bits per heavy atom. The Bertz CT molecular complexity index is 1140. The van der Waals surface area contributed by atoms with Crippen molar-refractivity contribution in [3.05, 3.63) is 59.9 Å². The van der Waals surface area contributed by atoms with Crippen molar-refractivity contribution >= 4 is 23.4 Å². The predicted molar refractivity (Wildman–Crippen MR) is 128 cm³/mol. The molecule has 1 aromatic heterocycles. The molecule has 0 saturated heterocycles. The molecule has 2 aromatic carbocycles. The van der Waals surface area contributed by atoms with Crippen LogP contribution in [0, 0.1) is 11.3 Å². The number of ether oxygens (including phenoxy) is 2. The van der Waals surface area contributed by atoms with E-state index in [-0.39, 0.29) is 18.1 Å². The van der Waals surface area contributed by atoms with Crippen LogP contribution in [0.1, 0.15) is 51.2 Å². The van der Waals surface area contributed by atoms with Gasteiger partial charge in [-0.1, -0.05) is 17.8 Å². The average molecular weight is 466 g/mol. The van der Waals surface area contributed by atoms with E-state index in [0.717, 1.165) is 0 Å². The Kier molecular flexibility index (Phi) is 7.96. The fourth-order valence-corrected chi connectivity index (χ4v) is 4.13. The van der Waals surface area contributed by atoms with Gasteiger partial charge in [-0.05, 0) is 64.1 Å². The van der Waals surface area contributed by atoms with Crippen LogP contribution >= 0.6 is 11.8 Å². The molecule has 0 bridgehead atoms. The third-order valence-electron chi connectivity index (χ3n) is 4.86. The van der Waals surface area contributed by atoms with Crippen LogP contribution in [0.3, 0.4) is 0 Å². The molecule has 3 aromatic rings. The van der Waals surface area contributed by atoms with E-state index in [1.807, 2.05) is 56.5 Å². The Morgan fingerprint density at radius 1 is 1.09 bits per heavy atom. The number of thioether (sulfide) groups is 1. The molecule has 8 nitrogen and oxygen atoms in total. The van der Waals surface area contributed by atoms with E-state index < -0.39 is 5.25 Å². The molecule has 1 N–H and O–H groups in total. The topological polar surface area (TPSA) is 102 Å². The number of methoxy groups -OCH3 is 1. The molecular weight excluding hydrogens is 438 g/mol. The molecule has 0 spiro atoms. The number of nitrogens with zero attached hydrogens (tertiary/aromatic N) is 4. The van der Waals surface area contributed by atoms with Crippen LogP contribution in [-0.4, -0.2) is 33.0 Å². The van der Waals surface area contributed by atoms with Gasteiger partial charge in [0.2, 0.25) is 5.91 Å². The van der Waals surface area contributed by atoms with Crippen LogP contribution in [0.5, 0.6) is 11.5 Å². The highest BCUT2D eigenvalue weighted by molar-refractivity contribution is 8.00. The fraction of sp³-hybridized carbons (Fsp3) is 0.333. The van der Waals surface area contributed by atoms with E-state index in [0.29, 0.717) is 33.7 Å². The Labute approximate surface area is 197 Å². The lowest BCUT2D eigenvalue weighted by Gasteiger charge is -2.20. The van der Waals surface area contributed by atoms with Gasteiger partial charge in [-0.2, -0.15) is 5.26 Å². The minimum atomic E-state index is -0.412. The van der Waals surface area contributed by atoms with Crippen molar-refractivity contribution in [3.63, 3.8) is 0 Å². The molecule has 0 saturated carbocycles. The van der Waals surface area contributed by atoms with Gasteiger partial charge < -0.3 is 19.4 Å². The normalized spacial score (nSPS) is 12.6. The van der Waals surface area contributed by atoms with Gasteiger partial charge in [-0.15, -0.1) is 10.2 Å². The van der Waals surface area contributed by atoms with Gasteiger partial charge >= 0.3 is 0 Å². The zero-order valence-electron chi connectivity index (χ0n) is 19.3. The Hall–Kier alpha value is -3.51. The lowest BCUT2D eigenvalue weighted by molar-refractivity contribution is -0.115. The molecular formula is C24H27N5O3S. The summed E-state index contributed by atoms with van der Waals surface area (Å²) in [6.07, 6.45) is -0.357. The highest BCUT2D eigenvalue weighted by Gasteiger charge is 2.25. The molecule has 1 amide bonds. The van der Waals surface area contributed by atoms with Crippen molar-refractivity contribution in [2.75, 3.05) is 12.4 Å². The number of hydrogen-bond acceptors (Lipinski definition) is 7. The first kappa shape index (κ1) is 24.1. The molecule has 0 fully saturated rings. The van der Waals surface area contributed by atoms with Gasteiger partial charge in [0, 0.05) is 17.8 Å². The number of amides is 1. The highest BCUT2D eigenvalue weighted by atomic mass is 32.2. The lowest BCUT2D eigenvalue weighted by atomic mass is 10.2. The maximum absolute atomic E-state index is 12.7. The number of nitrogens with one attached hydrogen (secondary N) is 1. The molecule has 9 heteroatoms. The van der Waals surface area contributed by atoms with E-state index in [9.17, 15) is 4.79 Å². The number of hydrogen-bond donors (Lipinski definition) is 1. The predicted octanol–water partition coefficient (Wildman–Crippen LogP) is 5.00. The Balaban J connectivity index is 1.72. The van der Waals surface area contributed by atoms with Crippen molar-refractivity contribution in [2.24, 2.45) is 0 Å².